The van der Waals surface area contributed by atoms with E-state index in [2.05, 4.69) is 0 Å². The molecule has 5 nitrogen and oxygen atoms in total. The Labute approximate surface area is 109 Å². The number of aliphatic hydroxyl groups is 2. The molecule has 1 fully saturated rings. The van der Waals surface area contributed by atoms with Crippen molar-refractivity contribution < 1.29 is 28.9 Å². The third-order valence-electron chi connectivity index (χ3n) is 2.94. The molecule has 0 spiro atoms. The first kappa shape index (κ1) is 14.1. The minimum atomic E-state index is -2.10. The Kier molecular flexibility index (Phi) is 4.60. The van der Waals surface area contributed by atoms with Crippen LogP contribution in [-0.4, -0.2) is 47.6 Å². The molecule has 2 N–H and O–H groups in total. The number of benzene rings is 1. The molecule has 5 atom stereocenters. The molecular weight excluding hydrogens is 255 g/mol. The molecule has 104 valence electrons. The number of ether oxygens (including phenoxy) is 2. The SMILES string of the molecule is O=C[C@@H](F)[C@@H](O)[C@@H]1OC(c2ccccc2)OC[C@H]1O. The van der Waals surface area contributed by atoms with Crippen molar-refractivity contribution in [2.45, 2.75) is 30.8 Å². The van der Waals surface area contributed by atoms with E-state index in [0.29, 0.717) is 5.56 Å². The lowest BCUT2D eigenvalue weighted by Crippen LogP contribution is -2.50. The number of carbonyl (C=O) groups is 1. The maximum atomic E-state index is 13.2. The van der Waals surface area contributed by atoms with Crippen molar-refractivity contribution in [2.24, 2.45) is 0 Å². The summed E-state index contributed by atoms with van der Waals surface area (Å²) in [6.07, 6.45) is -7.04. The Morgan fingerprint density at radius 1 is 1.37 bits per heavy atom. The van der Waals surface area contributed by atoms with Crippen LogP contribution in [0.2, 0.25) is 0 Å². The van der Waals surface area contributed by atoms with Crippen LogP contribution in [0, 0.1) is 0 Å². The number of carbonyl (C=O) groups excluding carboxylic acids is 1. The highest BCUT2D eigenvalue weighted by atomic mass is 19.1. The van der Waals surface area contributed by atoms with Gasteiger partial charge in [-0.2, -0.15) is 0 Å². The van der Waals surface area contributed by atoms with Crippen LogP contribution in [-0.2, 0) is 14.3 Å². The molecule has 0 aliphatic carbocycles. The summed E-state index contributed by atoms with van der Waals surface area (Å²) in [4.78, 5) is 10.3. The van der Waals surface area contributed by atoms with Crippen molar-refractivity contribution in [2.75, 3.05) is 6.61 Å². The summed E-state index contributed by atoms with van der Waals surface area (Å²) in [7, 11) is 0. The Morgan fingerprint density at radius 2 is 2.05 bits per heavy atom. The molecule has 1 aliphatic rings. The zero-order valence-corrected chi connectivity index (χ0v) is 10.1. The van der Waals surface area contributed by atoms with Crippen LogP contribution in [0.4, 0.5) is 4.39 Å². The van der Waals surface area contributed by atoms with Crippen molar-refractivity contribution in [3.05, 3.63) is 35.9 Å². The van der Waals surface area contributed by atoms with Gasteiger partial charge in [0.2, 0.25) is 0 Å². The molecule has 1 saturated heterocycles. The second-order valence-corrected chi connectivity index (χ2v) is 4.32. The van der Waals surface area contributed by atoms with E-state index in [0.717, 1.165) is 0 Å². The van der Waals surface area contributed by atoms with Gasteiger partial charge in [0.05, 0.1) is 6.61 Å². The van der Waals surface area contributed by atoms with E-state index in [-0.39, 0.29) is 12.9 Å². The fourth-order valence-corrected chi connectivity index (χ4v) is 1.91. The molecule has 0 radical (unpaired) electrons. The fourth-order valence-electron chi connectivity index (χ4n) is 1.91. The lowest BCUT2D eigenvalue weighted by molar-refractivity contribution is -0.279. The lowest BCUT2D eigenvalue weighted by atomic mass is 10.0. The second-order valence-electron chi connectivity index (χ2n) is 4.32. The topological polar surface area (TPSA) is 76.0 Å². The summed E-state index contributed by atoms with van der Waals surface area (Å²) in [5, 5.41) is 19.3. The Hall–Kier alpha value is -1.34. The van der Waals surface area contributed by atoms with Crippen LogP contribution in [0.15, 0.2) is 30.3 Å². The Morgan fingerprint density at radius 3 is 2.68 bits per heavy atom. The third kappa shape index (κ3) is 3.16. The van der Waals surface area contributed by atoms with Gasteiger partial charge in [0.1, 0.15) is 18.3 Å². The van der Waals surface area contributed by atoms with E-state index >= 15 is 0 Å². The predicted octanol–water partition coefficient (Wildman–Crippen LogP) is 0.359. The first-order chi connectivity index (χ1) is 9.13. The molecule has 6 heteroatoms. The highest BCUT2D eigenvalue weighted by molar-refractivity contribution is 5.57. The number of aliphatic hydroxyl groups excluding tert-OH is 2. The van der Waals surface area contributed by atoms with Gasteiger partial charge in [0.15, 0.2) is 18.7 Å². The van der Waals surface area contributed by atoms with Gasteiger partial charge in [-0.25, -0.2) is 4.39 Å². The maximum absolute atomic E-state index is 13.2. The normalized spacial score (nSPS) is 30.6. The number of alkyl halides is 1. The number of aldehydes is 1. The van der Waals surface area contributed by atoms with Crippen molar-refractivity contribution in [1.29, 1.82) is 0 Å². The summed E-state index contributed by atoms with van der Waals surface area (Å²) in [5.41, 5.74) is 0.688. The molecule has 2 rings (SSSR count). The van der Waals surface area contributed by atoms with Crippen LogP contribution < -0.4 is 0 Å². The van der Waals surface area contributed by atoms with E-state index in [9.17, 15) is 19.4 Å². The molecule has 1 aromatic carbocycles. The quantitative estimate of drug-likeness (QED) is 0.773. The molecule has 0 aromatic heterocycles. The highest BCUT2D eigenvalue weighted by Crippen LogP contribution is 2.28. The molecule has 1 heterocycles. The molecule has 0 bridgehead atoms. The van der Waals surface area contributed by atoms with E-state index in [1.165, 1.54) is 0 Å². The Bertz CT molecular complexity index is 413. The molecule has 1 unspecified atom stereocenters. The summed E-state index contributed by atoms with van der Waals surface area (Å²) >= 11 is 0. The zero-order valence-electron chi connectivity index (χ0n) is 10.1. The molecule has 0 saturated carbocycles. The first-order valence-corrected chi connectivity index (χ1v) is 5.91. The summed E-state index contributed by atoms with van der Waals surface area (Å²) in [5.74, 6) is 0. The van der Waals surface area contributed by atoms with Crippen LogP contribution in [0.3, 0.4) is 0 Å². The Balaban J connectivity index is 2.10. The minimum Gasteiger partial charge on any atom is -0.388 e. The van der Waals surface area contributed by atoms with Gasteiger partial charge in [0, 0.05) is 5.56 Å². The van der Waals surface area contributed by atoms with Crippen molar-refractivity contribution in [1.82, 2.24) is 0 Å². The zero-order chi connectivity index (χ0) is 13.8. The average Bonchev–Trinajstić information content (AvgIpc) is 2.47. The van der Waals surface area contributed by atoms with E-state index in [1.54, 1.807) is 24.3 Å². The van der Waals surface area contributed by atoms with Gasteiger partial charge in [0.25, 0.3) is 0 Å². The molecular formula is C13H15FO5. The lowest BCUT2D eigenvalue weighted by Gasteiger charge is -2.36. The van der Waals surface area contributed by atoms with Gasteiger partial charge in [-0.05, 0) is 0 Å². The van der Waals surface area contributed by atoms with Crippen molar-refractivity contribution in [3.8, 4) is 0 Å². The molecule has 1 aliphatic heterocycles. The van der Waals surface area contributed by atoms with E-state index in [1.807, 2.05) is 6.07 Å². The smallest absolute Gasteiger partial charge is 0.184 e. The number of hydrogen-bond acceptors (Lipinski definition) is 5. The fraction of sp³-hybridized carbons (Fsp3) is 0.462. The second kappa shape index (κ2) is 6.21. The number of hydrogen-bond donors (Lipinski definition) is 2. The summed E-state index contributed by atoms with van der Waals surface area (Å²) in [6.45, 7) is -0.104. The van der Waals surface area contributed by atoms with Gasteiger partial charge < -0.3 is 24.5 Å². The van der Waals surface area contributed by atoms with Crippen LogP contribution in [0.25, 0.3) is 0 Å². The van der Waals surface area contributed by atoms with Gasteiger partial charge >= 0.3 is 0 Å². The van der Waals surface area contributed by atoms with E-state index in [4.69, 9.17) is 9.47 Å². The standard InChI is InChI=1S/C13H15FO5/c14-9(6-15)11(17)12-10(16)7-18-13(19-12)8-4-2-1-3-5-8/h1-6,9-13,16-17H,7H2/t9-,10-,11-,12-,13?/m1/s1. The largest absolute Gasteiger partial charge is 0.388 e. The number of halogens is 1. The number of rotatable bonds is 4. The van der Waals surface area contributed by atoms with Gasteiger partial charge in [-0.15, -0.1) is 0 Å². The summed E-state index contributed by atoms with van der Waals surface area (Å²) < 4.78 is 23.8. The summed E-state index contributed by atoms with van der Waals surface area (Å²) in [6, 6.07) is 8.87. The van der Waals surface area contributed by atoms with Crippen molar-refractivity contribution >= 4 is 6.29 Å². The molecule has 1 aromatic rings. The predicted molar refractivity (Wildman–Crippen MR) is 63.0 cm³/mol. The van der Waals surface area contributed by atoms with E-state index < -0.39 is 30.8 Å². The molecule has 19 heavy (non-hydrogen) atoms. The van der Waals surface area contributed by atoms with Gasteiger partial charge in [-0.1, -0.05) is 30.3 Å². The average molecular weight is 270 g/mol. The third-order valence-corrected chi connectivity index (χ3v) is 2.94. The highest BCUT2D eigenvalue weighted by Gasteiger charge is 2.39. The maximum Gasteiger partial charge on any atom is 0.184 e. The van der Waals surface area contributed by atoms with Crippen molar-refractivity contribution in [3.63, 3.8) is 0 Å². The first-order valence-electron chi connectivity index (χ1n) is 5.91. The molecule has 0 amide bonds. The van der Waals surface area contributed by atoms with Gasteiger partial charge in [-0.3, -0.25) is 0 Å². The monoisotopic (exact) mass is 270 g/mol. The van der Waals surface area contributed by atoms with Crippen LogP contribution >= 0.6 is 0 Å². The van der Waals surface area contributed by atoms with Crippen LogP contribution in [0.1, 0.15) is 11.9 Å². The minimum absolute atomic E-state index is 0.0201. The van der Waals surface area contributed by atoms with Crippen LogP contribution in [0.5, 0.6) is 0 Å².